The number of ether oxygens (including phenoxy) is 2. The molecular weight excluding hydrogens is 274 g/mol. The average molecular weight is 299 g/mol. The molecule has 2 aliphatic rings. The third-order valence-electron chi connectivity index (χ3n) is 5.62. The van der Waals surface area contributed by atoms with Gasteiger partial charge in [0.05, 0.1) is 5.60 Å². The number of carbonyl (C=O) groups excluding carboxylic acids is 1. The minimum atomic E-state index is -0.996. The predicted octanol–water partition coefficient (Wildman–Crippen LogP) is 1.28. The van der Waals surface area contributed by atoms with Crippen molar-refractivity contribution in [2.45, 2.75) is 63.9 Å². The maximum Gasteiger partial charge on any atom is 0.332 e. The van der Waals surface area contributed by atoms with Crippen molar-refractivity contribution < 1.29 is 24.2 Å². The van der Waals surface area contributed by atoms with Crippen molar-refractivity contribution in [1.82, 2.24) is 4.90 Å². The second-order valence-corrected chi connectivity index (χ2v) is 6.85. The Morgan fingerprint density at radius 3 is 2.24 bits per heavy atom. The van der Waals surface area contributed by atoms with Crippen LogP contribution in [0, 0.1) is 5.41 Å². The quantitative estimate of drug-likeness (QED) is 0.846. The van der Waals surface area contributed by atoms with Gasteiger partial charge in [-0.2, -0.15) is 0 Å². The number of carboxylic acids is 1. The van der Waals surface area contributed by atoms with Crippen LogP contribution in [0.3, 0.4) is 0 Å². The van der Waals surface area contributed by atoms with Crippen LogP contribution in [0.2, 0.25) is 0 Å². The van der Waals surface area contributed by atoms with Crippen molar-refractivity contribution in [3.05, 3.63) is 0 Å². The molecule has 0 spiro atoms. The summed E-state index contributed by atoms with van der Waals surface area (Å²) in [7, 11) is 3.46. The van der Waals surface area contributed by atoms with Gasteiger partial charge < -0.3 is 19.5 Å². The Morgan fingerprint density at radius 1 is 1.24 bits per heavy atom. The van der Waals surface area contributed by atoms with E-state index in [1.807, 2.05) is 6.92 Å². The number of aliphatic carboxylic acids is 1. The van der Waals surface area contributed by atoms with E-state index in [0.29, 0.717) is 12.8 Å². The first-order valence-electron chi connectivity index (χ1n) is 7.34. The van der Waals surface area contributed by atoms with Gasteiger partial charge in [0, 0.05) is 25.6 Å². The summed E-state index contributed by atoms with van der Waals surface area (Å²) in [6.07, 6.45) is 0.138. The average Bonchev–Trinajstić information content (AvgIpc) is 2.92. The van der Waals surface area contributed by atoms with Gasteiger partial charge in [0.15, 0.2) is 6.10 Å². The maximum atomic E-state index is 12.5. The number of hydrogen-bond acceptors (Lipinski definition) is 4. The molecule has 21 heavy (non-hydrogen) atoms. The van der Waals surface area contributed by atoms with E-state index in [1.165, 1.54) is 0 Å². The van der Waals surface area contributed by atoms with E-state index < -0.39 is 18.2 Å². The van der Waals surface area contributed by atoms with Crippen LogP contribution in [-0.4, -0.2) is 59.9 Å². The van der Waals surface area contributed by atoms with Gasteiger partial charge >= 0.3 is 5.97 Å². The number of methoxy groups -OCH3 is 1. The van der Waals surface area contributed by atoms with E-state index in [2.05, 4.69) is 13.8 Å². The number of carbonyl (C=O) groups is 2. The minimum absolute atomic E-state index is 0.0717. The zero-order valence-corrected chi connectivity index (χ0v) is 13.4. The molecule has 4 atom stereocenters. The van der Waals surface area contributed by atoms with Crippen molar-refractivity contribution in [3.63, 3.8) is 0 Å². The number of amides is 1. The molecule has 120 valence electrons. The Bertz CT molecular complexity index is 449. The molecule has 2 fully saturated rings. The number of likely N-dealkylation sites (N-methyl/N-ethyl adjacent to an activating group) is 1. The fourth-order valence-corrected chi connectivity index (χ4v) is 3.46. The molecule has 1 aliphatic carbocycles. The molecule has 0 aromatic heterocycles. The van der Waals surface area contributed by atoms with Gasteiger partial charge in [-0.3, -0.25) is 4.79 Å². The van der Waals surface area contributed by atoms with Crippen molar-refractivity contribution in [2.24, 2.45) is 5.41 Å². The van der Waals surface area contributed by atoms with E-state index >= 15 is 0 Å². The summed E-state index contributed by atoms with van der Waals surface area (Å²) in [5.74, 6) is -1.13. The fourth-order valence-electron chi connectivity index (χ4n) is 3.46. The Morgan fingerprint density at radius 2 is 1.81 bits per heavy atom. The molecule has 1 saturated carbocycles. The highest BCUT2D eigenvalue weighted by Gasteiger charge is 2.60. The predicted molar refractivity (Wildman–Crippen MR) is 75.9 cm³/mol. The van der Waals surface area contributed by atoms with Gasteiger partial charge in [-0.05, 0) is 26.2 Å². The largest absolute Gasteiger partial charge is 0.479 e. The van der Waals surface area contributed by atoms with E-state index in [0.717, 1.165) is 6.42 Å². The third-order valence-corrected chi connectivity index (χ3v) is 5.62. The lowest BCUT2D eigenvalue weighted by molar-refractivity contribution is -0.210. The zero-order valence-electron chi connectivity index (χ0n) is 13.4. The lowest BCUT2D eigenvalue weighted by Crippen LogP contribution is -2.69. The minimum Gasteiger partial charge on any atom is -0.479 e. The molecule has 1 aliphatic heterocycles. The van der Waals surface area contributed by atoms with Gasteiger partial charge in [0.1, 0.15) is 6.10 Å². The van der Waals surface area contributed by atoms with Crippen LogP contribution in [0.4, 0.5) is 0 Å². The van der Waals surface area contributed by atoms with E-state index in [9.17, 15) is 9.59 Å². The summed E-state index contributed by atoms with van der Waals surface area (Å²) < 4.78 is 10.9. The molecule has 1 saturated heterocycles. The first kappa shape index (κ1) is 16.2. The first-order chi connectivity index (χ1) is 9.64. The molecule has 2 unspecified atom stereocenters. The Hall–Kier alpha value is -1.14. The third kappa shape index (κ3) is 2.44. The van der Waals surface area contributed by atoms with Crippen LogP contribution in [-0.2, 0) is 19.1 Å². The lowest BCUT2D eigenvalue weighted by atomic mass is 9.55. The van der Waals surface area contributed by atoms with Gasteiger partial charge in [-0.15, -0.1) is 0 Å². The molecule has 0 aromatic carbocycles. The molecule has 0 radical (unpaired) electrons. The number of hydrogen-bond donors (Lipinski definition) is 1. The highest BCUT2D eigenvalue weighted by atomic mass is 16.5. The van der Waals surface area contributed by atoms with Crippen LogP contribution in [0.1, 0.15) is 40.0 Å². The summed E-state index contributed by atoms with van der Waals surface area (Å²) in [6.45, 7) is 6.22. The lowest BCUT2D eigenvalue weighted by Gasteiger charge is -2.61. The molecule has 2 rings (SSSR count). The van der Waals surface area contributed by atoms with Crippen LogP contribution in [0.5, 0.6) is 0 Å². The second-order valence-electron chi connectivity index (χ2n) is 6.85. The second kappa shape index (κ2) is 5.25. The molecule has 1 N–H and O–H groups in total. The fraction of sp³-hybridized carbons (Fsp3) is 0.867. The molecule has 0 aromatic rings. The summed E-state index contributed by atoms with van der Waals surface area (Å²) in [5, 5.41) is 8.94. The highest BCUT2D eigenvalue weighted by molar-refractivity contribution is 5.83. The molecule has 6 heteroatoms. The Kier molecular flexibility index (Phi) is 4.06. The van der Waals surface area contributed by atoms with E-state index in [4.69, 9.17) is 14.6 Å². The van der Waals surface area contributed by atoms with Gasteiger partial charge in [-0.1, -0.05) is 13.8 Å². The smallest absolute Gasteiger partial charge is 0.332 e. The summed E-state index contributed by atoms with van der Waals surface area (Å²) in [5.41, 5.74) is -0.400. The highest BCUT2D eigenvalue weighted by Crippen LogP contribution is 2.53. The van der Waals surface area contributed by atoms with Crippen molar-refractivity contribution in [3.8, 4) is 0 Å². The van der Waals surface area contributed by atoms with Crippen LogP contribution < -0.4 is 0 Å². The molecule has 6 nitrogen and oxygen atoms in total. The standard InChI is InChI=1S/C15H25NO5/c1-14(2)11(8-15(14,3)20-5)16(4)12(17)9-6-7-10(21-9)13(18)19/h9-11H,6-8H2,1-5H3,(H,18,19)/t9-,10+,11?,15?/m0/s1. The zero-order chi connectivity index (χ0) is 16.0. The summed E-state index contributed by atoms with van der Waals surface area (Å²) >= 11 is 0. The molecule has 1 heterocycles. The van der Waals surface area contributed by atoms with E-state index in [-0.39, 0.29) is 23.0 Å². The Balaban J connectivity index is 2.00. The van der Waals surface area contributed by atoms with Crippen molar-refractivity contribution in [1.29, 1.82) is 0 Å². The van der Waals surface area contributed by atoms with Gasteiger partial charge in [-0.25, -0.2) is 4.79 Å². The topological polar surface area (TPSA) is 76.1 Å². The first-order valence-corrected chi connectivity index (χ1v) is 7.34. The number of carboxylic acid groups (broad SMARTS) is 1. The maximum absolute atomic E-state index is 12.5. The van der Waals surface area contributed by atoms with Crippen molar-refractivity contribution in [2.75, 3.05) is 14.2 Å². The van der Waals surface area contributed by atoms with Crippen LogP contribution >= 0.6 is 0 Å². The molecular formula is C15H25NO5. The van der Waals surface area contributed by atoms with E-state index in [1.54, 1.807) is 19.1 Å². The van der Waals surface area contributed by atoms with Crippen LogP contribution in [0.15, 0.2) is 0 Å². The normalized spacial score (nSPS) is 37.9. The molecule has 1 amide bonds. The SMILES string of the molecule is COC1(C)CC(N(C)C(=O)[C@@H]2CC[C@H](C(=O)O)O2)C1(C)C. The Labute approximate surface area is 125 Å². The van der Waals surface area contributed by atoms with Gasteiger partial charge in [0.2, 0.25) is 0 Å². The van der Waals surface area contributed by atoms with Crippen LogP contribution in [0.25, 0.3) is 0 Å². The summed E-state index contributed by atoms with van der Waals surface area (Å²) in [6, 6.07) is 0.0717. The van der Waals surface area contributed by atoms with Gasteiger partial charge in [0.25, 0.3) is 5.91 Å². The number of rotatable bonds is 4. The van der Waals surface area contributed by atoms with Crippen molar-refractivity contribution >= 4 is 11.9 Å². The number of nitrogens with zero attached hydrogens (tertiary/aromatic N) is 1. The summed E-state index contributed by atoms with van der Waals surface area (Å²) in [4.78, 5) is 25.1. The molecule has 0 bridgehead atoms. The monoisotopic (exact) mass is 299 g/mol.